The number of aryl methyl sites for hydroxylation is 1. The number of rotatable bonds is 1. The molecule has 1 saturated heterocycles. The molecule has 1 N–H and O–H groups in total. The molecule has 1 aromatic rings. The Kier molecular flexibility index (Phi) is 3.48. The van der Waals surface area contributed by atoms with Crippen LogP contribution in [0.5, 0.6) is 5.75 Å². The van der Waals surface area contributed by atoms with Crippen LogP contribution in [-0.4, -0.2) is 46.5 Å². The number of fused-ring (bicyclic) bond motifs is 3. The van der Waals surface area contributed by atoms with Crippen LogP contribution >= 0.6 is 0 Å². The molecule has 26 heavy (non-hydrogen) atoms. The van der Waals surface area contributed by atoms with Crippen molar-refractivity contribution in [1.82, 2.24) is 4.90 Å². The number of amides is 1. The van der Waals surface area contributed by atoms with E-state index in [1.807, 2.05) is 30.0 Å². The van der Waals surface area contributed by atoms with E-state index in [2.05, 4.69) is 0 Å². The maximum Gasteiger partial charge on any atom is 0.226 e. The van der Waals surface area contributed by atoms with E-state index in [0.717, 1.165) is 18.4 Å². The van der Waals surface area contributed by atoms with Gasteiger partial charge in [-0.3, -0.25) is 9.59 Å². The molecule has 2 aliphatic carbocycles. The standard InChI is InChI=1S/C21H25NO4/c1-12-2-3-17-15(10-12)16(24)11-21(26-17)7-4-14-18(19(14)21)20(25)22-8-5-13(23)6-9-22/h2-3,10,13-14,18-19,23H,4-9,11H2,1H3/t14-,18-,19+,21+/m1/s1. The summed E-state index contributed by atoms with van der Waals surface area (Å²) < 4.78 is 6.41. The smallest absolute Gasteiger partial charge is 0.226 e. The highest BCUT2D eigenvalue weighted by atomic mass is 16.5. The minimum absolute atomic E-state index is 0.00112. The van der Waals surface area contributed by atoms with Crippen molar-refractivity contribution in [2.24, 2.45) is 17.8 Å². The number of ether oxygens (including phenoxy) is 1. The fourth-order valence-corrected chi connectivity index (χ4v) is 5.56. The zero-order chi connectivity index (χ0) is 18.1. The lowest BCUT2D eigenvalue weighted by atomic mass is 9.83. The fraction of sp³-hybridized carbons (Fsp3) is 0.619. The monoisotopic (exact) mass is 355 g/mol. The van der Waals surface area contributed by atoms with Crippen molar-refractivity contribution in [3.63, 3.8) is 0 Å². The third-order valence-corrected chi connectivity index (χ3v) is 6.95. The summed E-state index contributed by atoms with van der Waals surface area (Å²) in [7, 11) is 0. The molecule has 3 fully saturated rings. The molecule has 2 heterocycles. The molecule has 0 radical (unpaired) electrons. The number of benzene rings is 1. The largest absolute Gasteiger partial charge is 0.486 e. The van der Waals surface area contributed by atoms with Crippen LogP contribution in [0.25, 0.3) is 0 Å². The zero-order valence-electron chi connectivity index (χ0n) is 15.1. The fourth-order valence-electron chi connectivity index (χ4n) is 5.56. The predicted molar refractivity (Wildman–Crippen MR) is 95.0 cm³/mol. The summed E-state index contributed by atoms with van der Waals surface area (Å²) >= 11 is 0. The number of hydrogen-bond donors (Lipinski definition) is 1. The second-order valence-corrected chi connectivity index (χ2v) is 8.58. The Labute approximate surface area is 153 Å². The van der Waals surface area contributed by atoms with Gasteiger partial charge in [-0.15, -0.1) is 0 Å². The van der Waals surface area contributed by atoms with E-state index in [-0.39, 0.29) is 29.6 Å². The lowest BCUT2D eigenvalue weighted by Crippen LogP contribution is -2.46. The molecule has 0 unspecified atom stereocenters. The number of aliphatic hydroxyl groups is 1. The summed E-state index contributed by atoms with van der Waals surface area (Å²) in [5, 5.41) is 9.67. The van der Waals surface area contributed by atoms with Gasteiger partial charge in [0.25, 0.3) is 0 Å². The normalized spacial score (nSPS) is 35.8. The minimum Gasteiger partial charge on any atom is -0.486 e. The minimum atomic E-state index is -0.486. The van der Waals surface area contributed by atoms with Crippen LogP contribution in [0.4, 0.5) is 0 Å². The van der Waals surface area contributed by atoms with Crippen molar-refractivity contribution in [2.75, 3.05) is 13.1 Å². The van der Waals surface area contributed by atoms with Gasteiger partial charge in [0.05, 0.1) is 18.1 Å². The molecular weight excluding hydrogens is 330 g/mol. The summed E-state index contributed by atoms with van der Waals surface area (Å²) in [5.41, 5.74) is 1.26. The maximum atomic E-state index is 13.0. The first kappa shape index (κ1) is 16.3. The molecular formula is C21H25NO4. The van der Waals surface area contributed by atoms with E-state index < -0.39 is 5.60 Å². The van der Waals surface area contributed by atoms with Crippen molar-refractivity contribution in [3.8, 4) is 5.75 Å². The molecule has 1 amide bonds. The number of ketones is 1. The van der Waals surface area contributed by atoms with Crippen LogP contribution in [0.1, 0.15) is 48.0 Å². The van der Waals surface area contributed by atoms with Crippen molar-refractivity contribution < 1.29 is 19.4 Å². The van der Waals surface area contributed by atoms with E-state index >= 15 is 0 Å². The number of carbonyl (C=O) groups excluding carboxylic acids is 2. The Hall–Kier alpha value is -1.88. The Morgan fingerprint density at radius 1 is 1.27 bits per heavy atom. The first-order chi connectivity index (χ1) is 12.5. The van der Waals surface area contributed by atoms with Crippen LogP contribution < -0.4 is 4.74 Å². The molecule has 4 aliphatic rings. The van der Waals surface area contributed by atoms with E-state index in [9.17, 15) is 14.7 Å². The molecule has 1 aromatic carbocycles. The Balaban J connectivity index is 1.37. The SMILES string of the molecule is Cc1ccc2c(c1)C(=O)C[C@]1(CC[C@@H]3[C@@H](C(=O)N4CCC(O)CC4)[C@H]31)O2. The van der Waals surface area contributed by atoms with Crippen LogP contribution in [0.2, 0.25) is 0 Å². The molecule has 0 aromatic heterocycles. The first-order valence-electron chi connectivity index (χ1n) is 9.78. The van der Waals surface area contributed by atoms with Crippen LogP contribution in [0.3, 0.4) is 0 Å². The van der Waals surface area contributed by atoms with Gasteiger partial charge in [-0.25, -0.2) is 0 Å². The molecule has 4 atom stereocenters. The van der Waals surface area contributed by atoms with Gasteiger partial charge >= 0.3 is 0 Å². The Morgan fingerprint density at radius 2 is 2.04 bits per heavy atom. The maximum absolute atomic E-state index is 13.0. The number of likely N-dealkylation sites (tertiary alicyclic amines) is 1. The third-order valence-electron chi connectivity index (χ3n) is 6.95. The van der Waals surface area contributed by atoms with Gasteiger partial charge in [0.15, 0.2) is 5.78 Å². The summed E-state index contributed by atoms with van der Waals surface area (Å²) in [6.45, 7) is 3.27. The van der Waals surface area contributed by atoms with Crippen molar-refractivity contribution in [2.45, 2.75) is 50.7 Å². The highest BCUT2D eigenvalue weighted by Crippen LogP contribution is 2.66. The van der Waals surface area contributed by atoms with Gasteiger partial charge in [-0.1, -0.05) is 11.6 Å². The third kappa shape index (κ3) is 2.33. The van der Waals surface area contributed by atoms with Crippen LogP contribution in [0.15, 0.2) is 18.2 Å². The average molecular weight is 355 g/mol. The molecule has 5 heteroatoms. The quantitative estimate of drug-likeness (QED) is 0.840. The number of hydrogen-bond acceptors (Lipinski definition) is 4. The first-order valence-corrected chi connectivity index (χ1v) is 9.78. The topological polar surface area (TPSA) is 66.8 Å². The Bertz CT molecular complexity index is 782. The molecule has 5 rings (SSSR count). The summed E-state index contributed by atoms with van der Waals surface area (Å²) in [6.07, 6.45) is 3.29. The Morgan fingerprint density at radius 3 is 2.81 bits per heavy atom. The second-order valence-electron chi connectivity index (χ2n) is 8.58. The number of aliphatic hydroxyl groups excluding tert-OH is 1. The number of piperidine rings is 1. The lowest BCUT2D eigenvalue weighted by molar-refractivity contribution is -0.136. The predicted octanol–water partition coefficient (Wildman–Crippen LogP) is 2.34. The molecule has 1 spiro atoms. The highest BCUT2D eigenvalue weighted by molar-refractivity contribution is 6.01. The van der Waals surface area contributed by atoms with Crippen LogP contribution in [0, 0.1) is 24.7 Å². The van der Waals surface area contributed by atoms with Crippen LogP contribution in [-0.2, 0) is 4.79 Å². The number of nitrogens with zero attached hydrogens (tertiary/aromatic N) is 1. The van der Waals surface area contributed by atoms with Gasteiger partial charge in [0.2, 0.25) is 5.91 Å². The number of Topliss-reactive ketones (excluding diaryl/α,β-unsaturated/α-hetero) is 1. The molecule has 2 aliphatic heterocycles. The number of carbonyl (C=O) groups is 2. The van der Waals surface area contributed by atoms with Crippen molar-refractivity contribution >= 4 is 11.7 Å². The average Bonchev–Trinajstić information content (AvgIpc) is 3.27. The van der Waals surface area contributed by atoms with Gasteiger partial charge in [0, 0.05) is 24.9 Å². The highest BCUT2D eigenvalue weighted by Gasteiger charge is 2.71. The summed E-state index contributed by atoms with van der Waals surface area (Å²) in [6, 6.07) is 5.79. The van der Waals surface area contributed by atoms with Gasteiger partial charge in [-0.2, -0.15) is 0 Å². The molecule has 0 bridgehead atoms. The van der Waals surface area contributed by atoms with Gasteiger partial charge in [0.1, 0.15) is 11.4 Å². The van der Waals surface area contributed by atoms with Crippen molar-refractivity contribution in [3.05, 3.63) is 29.3 Å². The van der Waals surface area contributed by atoms with Gasteiger partial charge in [-0.05, 0) is 50.7 Å². The summed E-state index contributed by atoms with van der Waals surface area (Å²) in [4.78, 5) is 27.7. The van der Waals surface area contributed by atoms with Gasteiger partial charge < -0.3 is 14.7 Å². The zero-order valence-corrected chi connectivity index (χ0v) is 15.1. The van der Waals surface area contributed by atoms with E-state index in [0.29, 0.717) is 49.6 Å². The molecule has 5 nitrogen and oxygen atoms in total. The molecule has 2 saturated carbocycles. The second kappa shape index (κ2) is 5.56. The van der Waals surface area contributed by atoms with E-state index in [1.165, 1.54) is 0 Å². The lowest BCUT2D eigenvalue weighted by Gasteiger charge is -2.38. The van der Waals surface area contributed by atoms with E-state index in [4.69, 9.17) is 4.74 Å². The van der Waals surface area contributed by atoms with Crippen molar-refractivity contribution in [1.29, 1.82) is 0 Å². The summed E-state index contributed by atoms with van der Waals surface area (Å²) in [5.74, 6) is 1.56. The van der Waals surface area contributed by atoms with E-state index in [1.54, 1.807) is 0 Å². The molecule has 138 valence electrons.